The van der Waals surface area contributed by atoms with Crippen LogP contribution in [0.5, 0.6) is 0 Å². The van der Waals surface area contributed by atoms with E-state index < -0.39 is 29.0 Å². The summed E-state index contributed by atoms with van der Waals surface area (Å²) in [6, 6.07) is 0.728. The molecule has 8 heteroatoms. The number of pyridine rings is 1. The summed E-state index contributed by atoms with van der Waals surface area (Å²) in [6.45, 7) is 1.67. The van der Waals surface area contributed by atoms with Crippen LogP contribution < -0.4 is 0 Å². The van der Waals surface area contributed by atoms with E-state index in [1.165, 1.54) is 11.8 Å². The van der Waals surface area contributed by atoms with Crippen LogP contribution in [0, 0.1) is 5.41 Å². The first-order valence-electron chi connectivity index (χ1n) is 6.18. The number of hydrogen-bond donors (Lipinski definition) is 1. The molecule has 0 radical (unpaired) electrons. The molecule has 1 amide bonds. The zero-order valence-electron chi connectivity index (χ0n) is 11.1. The summed E-state index contributed by atoms with van der Waals surface area (Å²) in [4.78, 5) is 27.9. The fourth-order valence-electron chi connectivity index (χ4n) is 2.20. The molecule has 1 aliphatic heterocycles. The standard InChI is InChI=1S/C13H13F3N2O3/c1-12(11(20)21)2-3-18(7-12)10(19)8-4-9(6-17-5-8)13(14,15)16/h4-6H,2-3,7H2,1H3,(H,20,21). The van der Waals surface area contributed by atoms with Gasteiger partial charge in [0.2, 0.25) is 0 Å². The van der Waals surface area contributed by atoms with Gasteiger partial charge in [0.25, 0.3) is 5.91 Å². The number of aromatic nitrogens is 1. The van der Waals surface area contributed by atoms with E-state index in [2.05, 4.69) is 4.98 Å². The molecule has 1 aromatic heterocycles. The Kier molecular flexibility index (Phi) is 3.65. The average Bonchev–Trinajstić information content (AvgIpc) is 2.81. The monoisotopic (exact) mass is 302 g/mol. The van der Waals surface area contributed by atoms with E-state index in [9.17, 15) is 22.8 Å². The maximum Gasteiger partial charge on any atom is 0.417 e. The van der Waals surface area contributed by atoms with Crippen LogP contribution in [0.4, 0.5) is 13.2 Å². The first-order valence-corrected chi connectivity index (χ1v) is 6.18. The minimum atomic E-state index is -4.58. The van der Waals surface area contributed by atoms with Gasteiger partial charge in [0.15, 0.2) is 0 Å². The number of carbonyl (C=O) groups excluding carboxylic acids is 1. The Hall–Kier alpha value is -2.12. The Labute approximate surface area is 118 Å². The van der Waals surface area contributed by atoms with Gasteiger partial charge < -0.3 is 10.0 Å². The highest BCUT2D eigenvalue weighted by Gasteiger charge is 2.42. The number of halogens is 3. The second-order valence-electron chi connectivity index (χ2n) is 5.30. The smallest absolute Gasteiger partial charge is 0.417 e. The number of carboxylic acid groups (broad SMARTS) is 1. The van der Waals surface area contributed by atoms with Crippen molar-refractivity contribution in [3.8, 4) is 0 Å². The molecule has 1 aromatic rings. The minimum Gasteiger partial charge on any atom is -0.481 e. The summed E-state index contributed by atoms with van der Waals surface area (Å²) in [5.41, 5.74) is -2.27. The molecule has 0 spiro atoms. The lowest BCUT2D eigenvalue weighted by atomic mass is 9.90. The number of carboxylic acids is 1. The molecule has 0 aliphatic carbocycles. The van der Waals surface area contributed by atoms with Gasteiger partial charge in [0.05, 0.1) is 16.5 Å². The molecule has 2 rings (SSSR count). The van der Waals surface area contributed by atoms with Crippen molar-refractivity contribution in [3.63, 3.8) is 0 Å². The van der Waals surface area contributed by atoms with E-state index in [1.807, 2.05) is 0 Å². The van der Waals surface area contributed by atoms with Gasteiger partial charge in [-0.05, 0) is 19.4 Å². The number of nitrogens with zero attached hydrogens (tertiary/aromatic N) is 2. The van der Waals surface area contributed by atoms with Crippen molar-refractivity contribution in [1.82, 2.24) is 9.88 Å². The third-order valence-electron chi connectivity index (χ3n) is 3.59. The number of carbonyl (C=O) groups is 2. The second-order valence-corrected chi connectivity index (χ2v) is 5.30. The molecule has 5 nitrogen and oxygen atoms in total. The molecule has 1 N–H and O–H groups in total. The van der Waals surface area contributed by atoms with Gasteiger partial charge in [-0.2, -0.15) is 13.2 Å². The molecule has 1 saturated heterocycles. The van der Waals surface area contributed by atoms with Crippen molar-refractivity contribution >= 4 is 11.9 Å². The first-order chi connectivity index (χ1) is 9.63. The number of amides is 1. The number of hydrogen-bond acceptors (Lipinski definition) is 3. The zero-order chi connectivity index (χ0) is 15.8. The summed E-state index contributed by atoms with van der Waals surface area (Å²) in [5, 5.41) is 9.09. The summed E-state index contributed by atoms with van der Waals surface area (Å²) in [7, 11) is 0. The highest BCUT2D eigenvalue weighted by atomic mass is 19.4. The molecule has 114 valence electrons. The summed E-state index contributed by atoms with van der Waals surface area (Å²) in [6.07, 6.45) is -2.62. The Balaban J connectivity index is 2.21. The van der Waals surface area contributed by atoms with Crippen LogP contribution in [-0.2, 0) is 11.0 Å². The molecule has 1 unspecified atom stereocenters. The van der Waals surface area contributed by atoms with Crippen LogP contribution in [0.25, 0.3) is 0 Å². The maximum atomic E-state index is 12.6. The SMILES string of the molecule is CC1(C(=O)O)CCN(C(=O)c2cncc(C(F)(F)F)c2)C1. The molecular formula is C13H13F3N2O3. The van der Waals surface area contributed by atoms with Crippen LogP contribution >= 0.6 is 0 Å². The van der Waals surface area contributed by atoms with Gasteiger partial charge in [-0.25, -0.2) is 0 Å². The molecule has 0 aromatic carbocycles. The van der Waals surface area contributed by atoms with Crippen LogP contribution in [0.2, 0.25) is 0 Å². The van der Waals surface area contributed by atoms with E-state index >= 15 is 0 Å². The van der Waals surface area contributed by atoms with Gasteiger partial charge in [-0.3, -0.25) is 14.6 Å². The predicted octanol–water partition coefficient (Wildman–Crippen LogP) is 2.04. The molecule has 1 atom stereocenters. The third kappa shape index (κ3) is 2.98. The number of rotatable bonds is 2. The molecule has 1 fully saturated rings. The fraction of sp³-hybridized carbons (Fsp3) is 0.462. The lowest BCUT2D eigenvalue weighted by Crippen LogP contribution is -2.35. The minimum absolute atomic E-state index is 0.0303. The van der Waals surface area contributed by atoms with Crippen molar-refractivity contribution in [3.05, 3.63) is 29.6 Å². The Morgan fingerprint density at radius 1 is 1.38 bits per heavy atom. The van der Waals surface area contributed by atoms with Crippen molar-refractivity contribution < 1.29 is 27.9 Å². The Bertz CT molecular complexity index is 588. The lowest BCUT2D eigenvalue weighted by molar-refractivity contribution is -0.147. The quantitative estimate of drug-likeness (QED) is 0.907. The van der Waals surface area contributed by atoms with Gasteiger partial charge in [-0.1, -0.05) is 0 Å². The van der Waals surface area contributed by atoms with Gasteiger partial charge in [-0.15, -0.1) is 0 Å². The van der Waals surface area contributed by atoms with Gasteiger partial charge >= 0.3 is 12.1 Å². The zero-order valence-corrected chi connectivity index (χ0v) is 11.1. The molecule has 1 aliphatic rings. The van der Waals surface area contributed by atoms with Crippen molar-refractivity contribution in [2.45, 2.75) is 19.5 Å². The van der Waals surface area contributed by atoms with Crippen LogP contribution in [0.15, 0.2) is 18.5 Å². The van der Waals surface area contributed by atoms with Crippen molar-refractivity contribution in [1.29, 1.82) is 0 Å². The molecule has 0 bridgehead atoms. The number of aliphatic carboxylic acids is 1. The third-order valence-corrected chi connectivity index (χ3v) is 3.59. The lowest BCUT2D eigenvalue weighted by Gasteiger charge is -2.20. The van der Waals surface area contributed by atoms with Gasteiger partial charge in [0.1, 0.15) is 0 Å². The maximum absolute atomic E-state index is 12.6. The summed E-state index contributed by atoms with van der Waals surface area (Å²) >= 11 is 0. The topological polar surface area (TPSA) is 70.5 Å². The van der Waals surface area contributed by atoms with E-state index in [0.717, 1.165) is 12.3 Å². The molecule has 2 heterocycles. The normalized spacial score (nSPS) is 22.4. The van der Waals surface area contributed by atoms with Crippen LogP contribution in [0.1, 0.15) is 29.3 Å². The molecule has 0 saturated carbocycles. The molecule has 21 heavy (non-hydrogen) atoms. The van der Waals surface area contributed by atoms with Crippen molar-refractivity contribution in [2.24, 2.45) is 5.41 Å². The Morgan fingerprint density at radius 3 is 2.57 bits per heavy atom. The van der Waals surface area contributed by atoms with E-state index in [1.54, 1.807) is 0 Å². The average molecular weight is 302 g/mol. The van der Waals surface area contributed by atoms with Crippen LogP contribution in [-0.4, -0.2) is 40.0 Å². The molecular weight excluding hydrogens is 289 g/mol. The highest BCUT2D eigenvalue weighted by Crippen LogP contribution is 2.32. The number of likely N-dealkylation sites (tertiary alicyclic amines) is 1. The highest BCUT2D eigenvalue weighted by molar-refractivity contribution is 5.95. The van der Waals surface area contributed by atoms with E-state index in [-0.39, 0.29) is 25.1 Å². The van der Waals surface area contributed by atoms with E-state index in [4.69, 9.17) is 5.11 Å². The summed E-state index contributed by atoms with van der Waals surface area (Å²) < 4.78 is 37.8. The van der Waals surface area contributed by atoms with Gasteiger partial charge in [0, 0.05) is 25.5 Å². The first kappa shape index (κ1) is 15.3. The summed E-state index contributed by atoms with van der Waals surface area (Å²) in [5.74, 6) is -1.67. The predicted molar refractivity (Wildman–Crippen MR) is 65.5 cm³/mol. The fourth-order valence-corrected chi connectivity index (χ4v) is 2.20. The largest absolute Gasteiger partial charge is 0.481 e. The van der Waals surface area contributed by atoms with Crippen LogP contribution in [0.3, 0.4) is 0 Å². The number of alkyl halides is 3. The second kappa shape index (κ2) is 5.01. The Morgan fingerprint density at radius 2 is 2.05 bits per heavy atom. The van der Waals surface area contributed by atoms with Crippen molar-refractivity contribution in [2.75, 3.05) is 13.1 Å². The van der Waals surface area contributed by atoms with E-state index in [0.29, 0.717) is 6.20 Å².